The number of benzene rings is 2. The molecule has 2 N–H and O–H groups in total. The summed E-state index contributed by atoms with van der Waals surface area (Å²) in [6.45, 7) is 2.99. The number of para-hydroxylation sites is 1. The number of aromatic nitrogens is 1. The minimum Gasteiger partial charge on any atom is -0.468 e. The third kappa shape index (κ3) is 5.53. The molecule has 2 aromatic carbocycles. The van der Waals surface area contributed by atoms with Gasteiger partial charge in [-0.25, -0.2) is 0 Å². The average molecular weight is 428 g/mol. The Balaban J connectivity index is 1.36. The van der Waals surface area contributed by atoms with Crippen molar-refractivity contribution >= 4 is 16.9 Å². The molecule has 0 saturated heterocycles. The monoisotopic (exact) mass is 427 g/mol. The first-order valence-corrected chi connectivity index (χ1v) is 10.8. The van der Waals surface area contributed by atoms with Crippen molar-refractivity contribution in [1.82, 2.24) is 20.5 Å². The van der Waals surface area contributed by atoms with Crippen molar-refractivity contribution in [3.05, 3.63) is 102 Å². The Morgan fingerprint density at radius 1 is 0.875 bits per heavy atom. The molecule has 0 aliphatic carbocycles. The van der Waals surface area contributed by atoms with Crippen molar-refractivity contribution in [2.24, 2.45) is 4.99 Å². The van der Waals surface area contributed by atoms with Gasteiger partial charge >= 0.3 is 0 Å². The van der Waals surface area contributed by atoms with Crippen molar-refractivity contribution in [2.75, 3.05) is 14.1 Å². The zero-order chi connectivity index (χ0) is 22.2. The predicted molar refractivity (Wildman–Crippen MR) is 129 cm³/mol. The third-order valence-corrected chi connectivity index (χ3v) is 5.42. The molecule has 0 fully saturated rings. The summed E-state index contributed by atoms with van der Waals surface area (Å²) in [6, 6.07) is 22.7. The van der Waals surface area contributed by atoms with Crippen molar-refractivity contribution in [2.45, 2.75) is 26.2 Å². The lowest BCUT2D eigenvalue weighted by atomic mass is 10.1. The van der Waals surface area contributed by atoms with E-state index in [4.69, 9.17) is 4.42 Å². The first-order valence-electron chi connectivity index (χ1n) is 10.8. The maximum absolute atomic E-state index is 5.47. The summed E-state index contributed by atoms with van der Waals surface area (Å²) in [7, 11) is 3.90. The van der Waals surface area contributed by atoms with E-state index < -0.39 is 0 Å². The fourth-order valence-corrected chi connectivity index (χ4v) is 3.79. The van der Waals surface area contributed by atoms with Gasteiger partial charge in [0, 0.05) is 38.3 Å². The molecule has 0 bridgehead atoms. The zero-order valence-electron chi connectivity index (χ0n) is 18.6. The summed E-state index contributed by atoms with van der Waals surface area (Å²) in [5.74, 6) is 1.74. The van der Waals surface area contributed by atoms with E-state index in [9.17, 15) is 0 Å². The minimum atomic E-state index is 0.677. The molecule has 0 spiro atoms. The first-order chi connectivity index (χ1) is 15.7. The second-order valence-electron chi connectivity index (χ2n) is 7.79. The summed E-state index contributed by atoms with van der Waals surface area (Å²) in [5, 5.41) is 8.03. The lowest BCUT2D eigenvalue weighted by molar-refractivity contribution is 0.287. The number of nitrogens with one attached hydrogen (secondary N) is 2. The molecule has 4 rings (SSSR count). The molecular weight excluding hydrogens is 398 g/mol. The van der Waals surface area contributed by atoms with Crippen LogP contribution in [0, 0.1) is 0 Å². The second kappa shape index (κ2) is 10.6. The van der Waals surface area contributed by atoms with Crippen LogP contribution in [0.1, 0.15) is 22.5 Å². The highest BCUT2D eigenvalue weighted by atomic mass is 16.3. The van der Waals surface area contributed by atoms with Gasteiger partial charge in [0.1, 0.15) is 5.76 Å². The minimum absolute atomic E-state index is 0.677. The SMILES string of the molecule is CN=C(NCc1ccccc1CN(C)Cc1ccco1)NCc1ccnc2ccccc12. The van der Waals surface area contributed by atoms with Gasteiger partial charge in [-0.1, -0.05) is 42.5 Å². The van der Waals surface area contributed by atoms with Gasteiger partial charge in [0.05, 0.1) is 18.3 Å². The maximum Gasteiger partial charge on any atom is 0.191 e. The lowest BCUT2D eigenvalue weighted by Gasteiger charge is -2.19. The number of fused-ring (bicyclic) bond motifs is 1. The first kappa shape index (κ1) is 21.6. The van der Waals surface area contributed by atoms with Crippen LogP contribution in [0.4, 0.5) is 0 Å². The van der Waals surface area contributed by atoms with Gasteiger partial charge in [0.15, 0.2) is 5.96 Å². The van der Waals surface area contributed by atoms with Crippen LogP contribution in [0.25, 0.3) is 10.9 Å². The largest absolute Gasteiger partial charge is 0.468 e. The van der Waals surface area contributed by atoms with Gasteiger partial charge in [0.2, 0.25) is 0 Å². The number of nitrogens with zero attached hydrogens (tertiary/aromatic N) is 3. The smallest absolute Gasteiger partial charge is 0.191 e. The summed E-state index contributed by atoms with van der Waals surface area (Å²) in [5.41, 5.74) is 4.72. The second-order valence-corrected chi connectivity index (χ2v) is 7.79. The van der Waals surface area contributed by atoms with Crippen molar-refractivity contribution < 1.29 is 4.42 Å². The Labute approximate surface area is 189 Å². The fourth-order valence-electron chi connectivity index (χ4n) is 3.79. The molecule has 2 heterocycles. The van der Waals surface area contributed by atoms with Crippen molar-refractivity contribution in [1.29, 1.82) is 0 Å². The number of hydrogen-bond acceptors (Lipinski definition) is 4. The molecular formula is C26H29N5O. The number of furan rings is 1. The Bertz CT molecular complexity index is 1160. The molecule has 0 aliphatic rings. The number of hydrogen-bond donors (Lipinski definition) is 2. The highest BCUT2D eigenvalue weighted by molar-refractivity contribution is 5.83. The quantitative estimate of drug-likeness (QED) is 0.324. The van der Waals surface area contributed by atoms with Crippen molar-refractivity contribution in [3.8, 4) is 0 Å². The van der Waals surface area contributed by atoms with Gasteiger partial charge in [-0.15, -0.1) is 0 Å². The molecule has 0 atom stereocenters. The molecule has 2 aromatic heterocycles. The predicted octanol–water partition coefficient (Wildman–Crippen LogP) is 4.33. The molecule has 0 aliphatic heterocycles. The van der Waals surface area contributed by atoms with Gasteiger partial charge < -0.3 is 15.1 Å². The summed E-state index contributed by atoms with van der Waals surface area (Å²) < 4.78 is 5.47. The molecule has 0 saturated carbocycles. The molecule has 0 amide bonds. The Kier molecular flexibility index (Phi) is 7.15. The van der Waals surface area contributed by atoms with Gasteiger partial charge in [0.25, 0.3) is 0 Å². The van der Waals surface area contributed by atoms with Crippen molar-refractivity contribution in [3.63, 3.8) is 0 Å². The van der Waals surface area contributed by atoms with E-state index in [2.05, 4.69) is 62.9 Å². The van der Waals surface area contributed by atoms with E-state index in [0.29, 0.717) is 13.1 Å². The maximum atomic E-state index is 5.47. The normalized spacial score (nSPS) is 11.8. The molecule has 164 valence electrons. The van der Waals surface area contributed by atoms with E-state index in [1.165, 1.54) is 16.7 Å². The fraction of sp³-hybridized carbons (Fsp3) is 0.231. The van der Waals surface area contributed by atoms with Gasteiger partial charge in [-0.05, 0) is 48.0 Å². The summed E-state index contributed by atoms with van der Waals surface area (Å²) >= 11 is 0. The van der Waals surface area contributed by atoms with E-state index in [0.717, 1.165) is 35.7 Å². The average Bonchev–Trinajstić information content (AvgIpc) is 3.33. The van der Waals surface area contributed by atoms with Crippen LogP contribution in [0.2, 0.25) is 0 Å². The highest BCUT2D eigenvalue weighted by Gasteiger charge is 2.09. The molecule has 4 aromatic rings. The van der Waals surface area contributed by atoms with E-state index in [1.54, 1.807) is 13.3 Å². The highest BCUT2D eigenvalue weighted by Crippen LogP contribution is 2.16. The number of rotatable bonds is 8. The molecule has 0 unspecified atom stereocenters. The van der Waals surface area contributed by atoms with Crippen LogP contribution in [0.15, 0.2) is 88.6 Å². The third-order valence-electron chi connectivity index (χ3n) is 5.42. The van der Waals surface area contributed by atoms with Crippen LogP contribution in [0.5, 0.6) is 0 Å². The number of pyridine rings is 1. The lowest BCUT2D eigenvalue weighted by Crippen LogP contribution is -2.36. The van der Waals surface area contributed by atoms with Gasteiger partial charge in [-0.3, -0.25) is 14.9 Å². The Hall–Kier alpha value is -3.64. The van der Waals surface area contributed by atoms with E-state index >= 15 is 0 Å². The topological polar surface area (TPSA) is 65.7 Å². The number of guanidine groups is 1. The molecule has 32 heavy (non-hydrogen) atoms. The van der Waals surface area contributed by atoms with Crippen LogP contribution in [-0.4, -0.2) is 29.9 Å². The molecule has 6 heteroatoms. The van der Waals surface area contributed by atoms with Gasteiger partial charge in [-0.2, -0.15) is 0 Å². The summed E-state index contributed by atoms with van der Waals surface area (Å²) in [4.78, 5) is 11.1. The Morgan fingerprint density at radius 2 is 1.62 bits per heavy atom. The molecule has 0 radical (unpaired) electrons. The standard InChI is InChI=1S/C26H29N5O/c1-27-26(30-17-21-13-14-28-25-12-6-5-11-24(21)25)29-16-20-8-3-4-9-22(20)18-31(2)19-23-10-7-15-32-23/h3-15H,16-19H2,1-2H3,(H2,27,29,30). The van der Waals surface area contributed by atoms with Crippen LogP contribution < -0.4 is 10.6 Å². The zero-order valence-corrected chi connectivity index (χ0v) is 18.6. The van der Waals surface area contributed by atoms with Crippen LogP contribution >= 0.6 is 0 Å². The van der Waals surface area contributed by atoms with E-state index in [1.807, 2.05) is 42.6 Å². The van der Waals surface area contributed by atoms with E-state index in [-0.39, 0.29) is 0 Å². The molecule has 6 nitrogen and oxygen atoms in total. The van der Waals surface area contributed by atoms with Crippen LogP contribution in [0.3, 0.4) is 0 Å². The van der Waals surface area contributed by atoms with Crippen LogP contribution in [-0.2, 0) is 26.2 Å². The number of aliphatic imine (C=N–C) groups is 1. The Morgan fingerprint density at radius 3 is 2.41 bits per heavy atom. The summed E-state index contributed by atoms with van der Waals surface area (Å²) in [6.07, 6.45) is 3.57.